The molecule has 2 atom stereocenters. The van der Waals surface area contributed by atoms with Crippen LogP contribution in [-0.4, -0.2) is 4.57 Å². The van der Waals surface area contributed by atoms with Crippen LogP contribution in [0.15, 0.2) is 12.1 Å². The van der Waals surface area contributed by atoms with Crippen LogP contribution in [0, 0.1) is 5.92 Å². The van der Waals surface area contributed by atoms with Crippen LogP contribution in [0.5, 0.6) is 0 Å². The first-order chi connectivity index (χ1) is 7.72. The maximum absolute atomic E-state index is 6.31. The summed E-state index contributed by atoms with van der Waals surface area (Å²) in [5.74, 6) is 0.893. The summed E-state index contributed by atoms with van der Waals surface area (Å²) in [5.41, 5.74) is 1.39. The fourth-order valence-electron chi connectivity index (χ4n) is 2.89. The number of rotatable bonds is 2. The molecule has 2 rings (SSSR count). The number of aryl methyl sites for hydroxylation is 1. The van der Waals surface area contributed by atoms with Gasteiger partial charge in [0.15, 0.2) is 0 Å². The summed E-state index contributed by atoms with van der Waals surface area (Å²) < 4.78 is 2.37. The van der Waals surface area contributed by atoms with Crippen molar-refractivity contribution in [3.8, 4) is 0 Å². The second-order valence-electron chi connectivity index (χ2n) is 5.14. The van der Waals surface area contributed by atoms with Gasteiger partial charge in [-0.05, 0) is 43.7 Å². The Bertz CT molecular complexity index is 343. The SMILES string of the molecule is CCc1ccc(Cl)n1[C@H]1CCCC(C)CC1. The summed E-state index contributed by atoms with van der Waals surface area (Å²) in [5, 5.41) is 0.927. The molecule has 1 unspecified atom stereocenters. The smallest absolute Gasteiger partial charge is 0.109 e. The Morgan fingerprint density at radius 1 is 1.25 bits per heavy atom. The number of nitrogens with zero attached hydrogens (tertiary/aromatic N) is 1. The van der Waals surface area contributed by atoms with E-state index >= 15 is 0 Å². The number of aromatic nitrogens is 1. The molecule has 1 saturated carbocycles. The summed E-state index contributed by atoms with van der Waals surface area (Å²) in [6.45, 7) is 4.59. The molecule has 16 heavy (non-hydrogen) atoms. The minimum absolute atomic E-state index is 0.641. The van der Waals surface area contributed by atoms with Crippen molar-refractivity contribution in [2.75, 3.05) is 0 Å². The zero-order valence-corrected chi connectivity index (χ0v) is 11.1. The molecule has 0 aromatic carbocycles. The van der Waals surface area contributed by atoms with Gasteiger partial charge in [0.1, 0.15) is 5.15 Å². The minimum atomic E-state index is 0.641. The third-order valence-corrected chi connectivity index (χ3v) is 4.22. The van der Waals surface area contributed by atoms with Gasteiger partial charge in [-0.15, -0.1) is 0 Å². The highest BCUT2D eigenvalue weighted by molar-refractivity contribution is 6.29. The fourth-order valence-corrected chi connectivity index (χ4v) is 3.20. The molecule has 0 radical (unpaired) electrons. The Labute approximate surface area is 104 Å². The molecular formula is C14H22ClN. The summed E-state index contributed by atoms with van der Waals surface area (Å²) >= 11 is 6.31. The van der Waals surface area contributed by atoms with E-state index in [2.05, 4.69) is 30.5 Å². The van der Waals surface area contributed by atoms with Gasteiger partial charge >= 0.3 is 0 Å². The van der Waals surface area contributed by atoms with Crippen molar-refractivity contribution in [1.82, 2.24) is 4.57 Å². The first-order valence-electron chi connectivity index (χ1n) is 6.58. The Morgan fingerprint density at radius 2 is 2.06 bits per heavy atom. The quantitative estimate of drug-likeness (QED) is 0.651. The molecule has 1 aliphatic carbocycles. The van der Waals surface area contributed by atoms with Gasteiger partial charge in [0.25, 0.3) is 0 Å². The van der Waals surface area contributed by atoms with Crippen molar-refractivity contribution in [3.63, 3.8) is 0 Å². The molecule has 1 aromatic rings. The molecule has 1 aliphatic rings. The summed E-state index contributed by atoms with van der Waals surface area (Å²) in [7, 11) is 0. The van der Waals surface area contributed by atoms with Crippen molar-refractivity contribution < 1.29 is 0 Å². The van der Waals surface area contributed by atoms with Gasteiger partial charge in [0, 0.05) is 11.7 Å². The van der Waals surface area contributed by atoms with Gasteiger partial charge in [-0.3, -0.25) is 0 Å². The summed E-state index contributed by atoms with van der Waals surface area (Å²) in [4.78, 5) is 0. The van der Waals surface area contributed by atoms with E-state index in [1.807, 2.05) is 0 Å². The predicted molar refractivity (Wildman–Crippen MR) is 70.1 cm³/mol. The van der Waals surface area contributed by atoms with Crippen molar-refractivity contribution in [3.05, 3.63) is 23.0 Å². The van der Waals surface area contributed by atoms with E-state index in [1.165, 1.54) is 37.8 Å². The largest absolute Gasteiger partial charge is 0.333 e. The van der Waals surface area contributed by atoms with Gasteiger partial charge in [0.2, 0.25) is 0 Å². The lowest BCUT2D eigenvalue weighted by atomic mass is 10.0. The van der Waals surface area contributed by atoms with Crippen LogP contribution in [-0.2, 0) is 6.42 Å². The van der Waals surface area contributed by atoms with Crippen molar-refractivity contribution in [2.24, 2.45) is 5.92 Å². The number of hydrogen-bond donors (Lipinski definition) is 0. The summed E-state index contributed by atoms with van der Waals surface area (Å²) in [6.07, 6.45) is 7.76. The molecule has 1 aromatic heterocycles. The van der Waals surface area contributed by atoms with Gasteiger partial charge in [-0.1, -0.05) is 38.3 Å². The van der Waals surface area contributed by atoms with Crippen LogP contribution in [0.3, 0.4) is 0 Å². The highest BCUT2D eigenvalue weighted by atomic mass is 35.5. The van der Waals surface area contributed by atoms with E-state index in [-0.39, 0.29) is 0 Å². The molecule has 1 heterocycles. The fraction of sp³-hybridized carbons (Fsp3) is 0.714. The predicted octanol–water partition coefficient (Wildman–Crippen LogP) is 4.85. The Hall–Kier alpha value is -0.430. The first kappa shape index (κ1) is 12.0. The molecule has 1 nitrogen and oxygen atoms in total. The highest BCUT2D eigenvalue weighted by Crippen LogP contribution is 2.33. The molecule has 0 spiro atoms. The van der Waals surface area contributed by atoms with Crippen LogP contribution < -0.4 is 0 Å². The van der Waals surface area contributed by atoms with Gasteiger partial charge < -0.3 is 4.57 Å². The lowest BCUT2D eigenvalue weighted by molar-refractivity contribution is 0.425. The lowest BCUT2D eigenvalue weighted by Crippen LogP contribution is -2.11. The Balaban J connectivity index is 2.18. The molecule has 0 N–H and O–H groups in total. The molecule has 0 bridgehead atoms. The molecule has 90 valence electrons. The van der Waals surface area contributed by atoms with Gasteiger partial charge in [0.05, 0.1) is 0 Å². The Morgan fingerprint density at radius 3 is 2.81 bits per heavy atom. The van der Waals surface area contributed by atoms with Crippen LogP contribution in [0.25, 0.3) is 0 Å². The van der Waals surface area contributed by atoms with E-state index in [1.54, 1.807) is 0 Å². The van der Waals surface area contributed by atoms with Crippen LogP contribution in [0.4, 0.5) is 0 Å². The number of hydrogen-bond acceptors (Lipinski definition) is 0. The van der Waals surface area contributed by atoms with Gasteiger partial charge in [-0.25, -0.2) is 0 Å². The summed E-state index contributed by atoms with van der Waals surface area (Å²) in [6, 6.07) is 4.87. The second kappa shape index (κ2) is 5.27. The minimum Gasteiger partial charge on any atom is -0.333 e. The molecule has 2 heteroatoms. The monoisotopic (exact) mass is 239 g/mol. The van der Waals surface area contributed by atoms with E-state index < -0.39 is 0 Å². The highest BCUT2D eigenvalue weighted by Gasteiger charge is 2.20. The maximum atomic E-state index is 6.31. The first-order valence-corrected chi connectivity index (χ1v) is 6.95. The van der Waals surface area contributed by atoms with E-state index in [0.717, 1.165) is 17.5 Å². The molecule has 1 fully saturated rings. The van der Waals surface area contributed by atoms with Crippen molar-refractivity contribution in [1.29, 1.82) is 0 Å². The second-order valence-corrected chi connectivity index (χ2v) is 5.53. The average Bonchev–Trinajstić information content (AvgIpc) is 2.51. The molecular weight excluding hydrogens is 218 g/mol. The van der Waals surface area contributed by atoms with E-state index in [0.29, 0.717) is 6.04 Å². The Kier molecular flexibility index (Phi) is 3.96. The zero-order chi connectivity index (χ0) is 11.5. The average molecular weight is 240 g/mol. The van der Waals surface area contributed by atoms with Crippen molar-refractivity contribution in [2.45, 2.75) is 58.4 Å². The van der Waals surface area contributed by atoms with E-state index in [9.17, 15) is 0 Å². The number of halogens is 1. The topological polar surface area (TPSA) is 4.93 Å². The van der Waals surface area contributed by atoms with Gasteiger partial charge in [-0.2, -0.15) is 0 Å². The standard InChI is InChI=1S/C14H22ClN/c1-3-12-9-10-14(15)16(12)13-6-4-5-11(2)7-8-13/h9-11,13H,3-8H2,1-2H3/t11?,13-/m0/s1. The van der Waals surface area contributed by atoms with Crippen LogP contribution in [0.1, 0.15) is 57.7 Å². The normalized spacial score (nSPS) is 26.7. The lowest BCUT2D eigenvalue weighted by Gasteiger charge is -2.21. The van der Waals surface area contributed by atoms with Crippen LogP contribution >= 0.6 is 11.6 Å². The van der Waals surface area contributed by atoms with E-state index in [4.69, 9.17) is 11.6 Å². The van der Waals surface area contributed by atoms with Crippen LogP contribution in [0.2, 0.25) is 5.15 Å². The maximum Gasteiger partial charge on any atom is 0.109 e. The molecule has 0 amide bonds. The molecule has 0 saturated heterocycles. The van der Waals surface area contributed by atoms with Crippen molar-refractivity contribution >= 4 is 11.6 Å². The zero-order valence-electron chi connectivity index (χ0n) is 10.4. The molecule has 0 aliphatic heterocycles. The third kappa shape index (κ3) is 2.45. The third-order valence-electron chi connectivity index (χ3n) is 3.91.